The van der Waals surface area contributed by atoms with Gasteiger partial charge in [-0.1, -0.05) is 6.07 Å². The highest BCUT2D eigenvalue weighted by atomic mass is 32.2. The number of nitrogens with one attached hydrogen (secondary N) is 2. The van der Waals surface area contributed by atoms with Crippen molar-refractivity contribution in [3.8, 4) is 0 Å². The molecule has 1 aromatic rings. The standard InChI is InChI=1S/C12H15FN2O2S/c1-8-2-3-9(13)10(6-8)14-15-11(16)12(17)4-5-18-7-12/h2-3,6,14,17H,4-5,7H2,1H3,(H,15,16). The maximum absolute atomic E-state index is 13.4. The van der Waals surface area contributed by atoms with Crippen LogP contribution in [0.4, 0.5) is 10.1 Å². The number of anilines is 1. The third kappa shape index (κ3) is 2.76. The minimum atomic E-state index is -1.35. The zero-order valence-corrected chi connectivity index (χ0v) is 10.8. The number of amides is 1. The lowest BCUT2D eigenvalue weighted by Crippen LogP contribution is -2.49. The maximum atomic E-state index is 13.4. The molecule has 98 valence electrons. The van der Waals surface area contributed by atoms with Crippen LogP contribution >= 0.6 is 11.8 Å². The first-order valence-electron chi connectivity index (χ1n) is 5.64. The molecule has 0 radical (unpaired) electrons. The third-order valence-electron chi connectivity index (χ3n) is 2.86. The van der Waals surface area contributed by atoms with Crippen LogP contribution in [-0.2, 0) is 4.79 Å². The predicted molar refractivity (Wildman–Crippen MR) is 69.8 cm³/mol. The Labute approximate surface area is 109 Å². The molecule has 1 fully saturated rings. The molecule has 1 unspecified atom stereocenters. The number of thioether (sulfide) groups is 1. The van der Waals surface area contributed by atoms with E-state index in [1.807, 2.05) is 6.92 Å². The van der Waals surface area contributed by atoms with Crippen molar-refractivity contribution in [2.75, 3.05) is 16.9 Å². The Balaban J connectivity index is 1.99. The third-order valence-corrected chi connectivity index (χ3v) is 4.03. The number of hydrazine groups is 1. The quantitative estimate of drug-likeness (QED) is 0.727. The van der Waals surface area contributed by atoms with Gasteiger partial charge in [0.05, 0.1) is 5.69 Å². The van der Waals surface area contributed by atoms with Gasteiger partial charge in [0.25, 0.3) is 5.91 Å². The fraction of sp³-hybridized carbons (Fsp3) is 0.417. The Morgan fingerprint density at radius 3 is 3.00 bits per heavy atom. The van der Waals surface area contributed by atoms with E-state index >= 15 is 0 Å². The molecule has 1 saturated heterocycles. The van der Waals surface area contributed by atoms with Crippen molar-refractivity contribution in [2.24, 2.45) is 0 Å². The number of halogens is 1. The number of aryl methyl sites for hydroxylation is 1. The molecule has 1 aliphatic rings. The Hall–Kier alpha value is -1.27. The van der Waals surface area contributed by atoms with Gasteiger partial charge in [-0.25, -0.2) is 4.39 Å². The molecule has 1 heterocycles. The SMILES string of the molecule is Cc1ccc(F)c(NNC(=O)C2(O)CCSC2)c1. The van der Waals surface area contributed by atoms with Gasteiger partial charge in [0.15, 0.2) is 5.60 Å². The Morgan fingerprint density at radius 1 is 1.56 bits per heavy atom. The van der Waals surface area contributed by atoms with Crippen LogP contribution in [0.15, 0.2) is 18.2 Å². The van der Waals surface area contributed by atoms with Gasteiger partial charge in [0.1, 0.15) is 5.82 Å². The number of carbonyl (C=O) groups is 1. The van der Waals surface area contributed by atoms with Crippen LogP contribution in [0.1, 0.15) is 12.0 Å². The van der Waals surface area contributed by atoms with Gasteiger partial charge >= 0.3 is 0 Å². The average molecular weight is 270 g/mol. The lowest BCUT2D eigenvalue weighted by molar-refractivity contribution is -0.136. The van der Waals surface area contributed by atoms with E-state index < -0.39 is 17.3 Å². The number of benzene rings is 1. The number of carbonyl (C=O) groups excluding carboxylic acids is 1. The van der Waals surface area contributed by atoms with Gasteiger partial charge in [-0.15, -0.1) is 0 Å². The van der Waals surface area contributed by atoms with Crippen molar-refractivity contribution in [1.82, 2.24) is 5.43 Å². The van der Waals surface area contributed by atoms with E-state index in [0.717, 1.165) is 11.3 Å². The molecule has 0 spiro atoms. The molecule has 4 nitrogen and oxygen atoms in total. The molecule has 0 saturated carbocycles. The molecule has 1 aromatic carbocycles. The van der Waals surface area contributed by atoms with Crippen molar-refractivity contribution >= 4 is 23.4 Å². The summed E-state index contributed by atoms with van der Waals surface area (Å²) in [6.07, 6.45) is 0.418. The highest BCUT2D eigenvalue weighted by molar-refractivity contribution is 7.99. The van der Waals surface area contributed by atoms with Crippen LogP contribution in [-0.4, -0.2) is 28.1 Å². The summed E-state index contributed by atoms with van der Waals surface area (Å²) in [5, 5.41) is 10.00. The lowest BCUT2D eigenvalue weighted by atomic mass is 10.0. The molecule has 0 aromatic heterocycles. The molecular formula is C12H15FN2O2S. The first-order chi connectivity index (χ1) is 8.51. The second-order valence-electron chi connectivity index (χ2n) is 4.40. The van der Waals surface area contributed by atoms with E-state index in [2.05, 4.69) is 10.9 Å². The largest absolute Gasteiger partial charge is 0.379 e. The molecule has 18 heavy (non-hydrogen) atoms. The van der Waals surface area contributed by atoms with Crippen LogP contribution in [0.2, 0.25) is 0 Å². The Kier molecular flexibility index (Phi) is 3.77. The van der Waals surface area contributed by atoms with Crippen molar-refractivity contribution in [3.63, 3.8) is 0 Å². The zero-order valence-electron chi connectivity index (χ0n) is 10.00. The van der Waals surface area contributed by atoms with Crippen LogP contribution in [0.25, 0.3) is 0 Å². The van der Waals surface area contributed by atoms with E-state index in [1.54, 1.807) is 12.1 Å². The van der Waals surface area contributed by atoms with E-state index in [1.165, 1.54) is 17.8 Å². The minimum Gasteiger partial charge on any atom is -0.379 e. The van der Waals surface area contributed by atoms with Crippen LogP contribution < -0.4 is 10.9 Å². The molecule has 3 N–H and O–H groups in total. The van der Waals surface area contributed by atoms with E-state index in [-0.39, 0.29) is 5.69 Å². The summed E-state index contributed by atoms with van der Waals surface area (Å²) in [4.78, 5) is 11.8. The topological polar surface area (TPSA) is 61.4 Å². The number of aliphatic hydroxyl groups is 1. The fourth-order valence-corrected chi connectivity index (χ4v) is 2.95. The van der Waals surface area contributed by atoms with Crippen molar-refractivity contribution in [3.05, 3.63) is 29.6 Å². The molecule has 1 aliphatic heterocycles. The number of hydrogen-bond donors (Lipinski definition) is 3. The summed E-state index contributed by atoms with van der Waals surface area (Å²) in [6.45, 7) is 1.83. The molecule has 0 bridgehead atoms. The zero-order chi connectivity index (χ0) is 13.2. The van der Waals surface area contributed by atoms with Gasteiger partial charge in [-0.2, -0.15) is 11.8 Å². The molecule has 2 rings (SSSR count). The first kappa shape index (κ1) is 13.2. The fourth-order valence-electron chi connectivity index (χ4n) is 1.71. The lowest BCUT2D eigenvalue weighted by Gasteiger charge is -2.21. The van der Waals surface area contributed by atoms with E-state index in [4.69, 9.17) is 0 Å². The van der Waals surface area contributed by atoms with E-state index in [9.17, 15) is 14.3 Å². The minimum absolute atomic E-state index is 0.192. The second-order valence-corrected chi connectivity index (χ2v) is 5.50. The molecule has 1 amide bonds. The van der Waals surface area contributed by atoms with Crippen molar-refractivity contribution < 1.29 is 14.3 Å². The average Bonchev–Trinajstić information content (AvgIpc) is 2.78. The van der Waals surface area contributed by atoms with Gasteiger partial charge in [0, 0.05) is 5.75 Å². The normalized spacial score (nSPS) is 22.8. The smallest absolute Gasteiger partial charge is 0.271 e. The van der Waals surface area contributed by atoms with Gasteiger partial charge < -0.3 is 5.11 Å². The molecule has 6 heteroatoms. The molecular weight excluding hydrogens is 255 g/mol. The van der Waals surface area contributed by atoms with Gasteiger partial charge in [-0.05, 0) is 36.8 Å². The summed E-state index contributed by atoms with van der Waals surface area (Å²) < 4.78 is 13.4. The highest BCUT2D eigenvalue weighted by Crippen LogP contribution is 2.27. The van der Waals surface area contributed by atoms with Crippen LogP contribution in [0.5, 0.6) is 0 Å². The predicted octanol–water partition coefficient (Wildman–Crippen LogP) is 1.45. The summed E-state index contributed by atoms with van der Waals surface area (Å²) in [5.41, 5.74) is 4.59. The van der Waals surface area contributed by atoms with E-state index in [0.29, 0.717) is 12.2 Å². The van der Waals surface area contributed by atoms with Crippen LogP contribution in [0, 0.1) is 12.7 Å². The van der Waals surface area contributed by atoms with Gasteiger partial charge in [-0.3, -0.25) is 15.6 Å². The second kappa shape index (κ2) is 5.16. The summed E-state index contributed by atoms with van der Waals surface area (Å²) in [7, 11) is 0. The summed E-state index contributed by atoms with van der Waals surface area (Å²) in [5.74, 6) is 0.154. The monoisotopic (exact) mass is 270 g/mol. The van der Waals surface area contributed by atoms with Crippen molar-refractivity contribution in [2.45, 2.75) is 18.9 Å². The summed E-state index contributed by atoms with van der Waals surface area (Å²) >= 11 is 1.52. The van der Waals surface area contributed by atoms with Gasteiger partial charge in [0.2, 0.25) is 0 Å². The molecule has 1 atom stereocenters. The maximum Gasteiger partial charge on any atom is 0.271 e. The Bertz CT molecular complexity index is 461. The molecule has 0 aliphatic carbocycles. The summed E-state index contributed by atoms with van der Waals surface area (Å²) in [6, 6.07) is 4.55. The number of hydrogen-bond acceptors (Lipinski definition) is 4. The van der Waals surface area contributed by atoms with Crippen LogP contribution in [0.3, 0.4) is 0 Å². The number of rotatable bonds is 3. The van der Waals surface area contributed by atoms with Crippen molar-refractivity contribution in [1.29, 1.82) is 0 Å². The Morgan fingerprint density at radius 2 is 2.33 bits per heavy atom. The highest BCUT2D eigenvalue weighted by Gasteiger charge is 2.39. The first-order valence-corrected chi connectivity index (χ1v) is 6.79.